The fraction of sp³-hybridized carbons (Fsp3) is 0.0741. The van der Waals surface area contributed by atoms with E-state index in [2.05, 4.69) is 9.97 Å². The second kappa shape index (κ2) is 10.5. The molecule has 0 aliphatic carbocycles. The summed E-state index contributed by atoms with van der Waals surface area (Å²) in [5.41, 5.74) is 2.89. The number of carboxylic acids is 1. The minimum absolute atomic E-state index is 0.0394. The zero-order chi connectivity index (χ0) is 27.7. The molecule has 5 rings (SSSR count). The summed E-state index contributed by atoms with van der Waals surface area (Å²) in [6.07, 6.45) is 0. The number of aryl methyl sites for hydroxylation is 1. The molecule has 0 aliphatic rings. The highest BCUT2D eigenvalue weighted by Gasteiger charge is 2.26. The zero-order valence-corrected chi connectivity index (χ0v) is 22.8. The monoisotopic (exact) mass is 579 g/mol. The van der Waals surface area contributed by atoms with Crippen LogP contribution in [0.15, 0.2) is 87.9 Å². The van der Waals surface area contributed by atoms with Crippen LogP contribution in [-0.2, 0) is 16.6 Å². The molecule has 0 saturated heterocycles. The number of sulfonamides is 1. The molecule has 0 fully saturated rings. The highest BCUT2D eigenvalue weighted by atomic mass is 32.2. The number of H-pyrrole nitrogens is 1. The van der Waals surface area contributed by atoms with Crippen molar-refractivity contribution in [3.05, 3.63) is 104 Å². The smallest absolute Gasteiger partial charge is 0.335 e. The highest BCUT2D eigenvalue weighted by Crippen LogP contribution is 2.32. The Bertz CT molecular complexity index is 1820. The Labute approximate surface area is 231 Å². The zero-order valence-electron chi connectivity index (χ0n) is 20.4. The summed E-state index contributed by atoms with van der Waals surface area (Å²) in [5, 5.41) is 22.2. The van der Waals surface area contributed by atoms with E-state index in [0.29, 0.717) is 16.0 Å². The Morgan fingerprint density at radius 2 is 1.72 bits per heavy atom. The van der Waals surface area contributed by atoms with Gasteiger partial charge in [0.25, 0.3) is 10.0 Å². The Kier molecular flexibility index (Phi) is 7.08. The second-order valence-corrected chi connectivity index (χ2v) is 12.4. The van der Waals surface area contributed by atoms with Crippen molar-refractivity contribution in [3.8, 4) is 27.6 Å². The van der Waals surface area contributed by atoms with Crippen LogP contribution in [0.3, 0.4) is 0 Å². The molecule has 2 aromatic heterocycles. The van der Waals surface area contributed by atoms with Crippen LogP contribution in [0, 0.1) is 6.92 Å². The first-order valence-corrected chi connectivity index (χ1v) is 14.7. The number of aromatic amines is 1. The molecule has 0 aliphatic heterocycles. The highest BCUT2D eigenvalue weighted by molar-refractivity contribution is 7.92. The van der Waals surface area contributed by atoms with Crippen molar-refractivity contribution in [3.63, 3.8) is 0 Å². The fourth-order valence-corrected chi connectivity index (χ4v) is 6.77. The lowest BCUT2D eigenvalue weighted by molar-refractivity contribution is 0.0697. The van der Waals surface area contributed by atoms with Gasteiger partial charge in [-0.05, 0) is 48.4 Å². The Morgan fingerprint density at radius 1 is 1.03 bits per heavy atom. The van der Waals surface area contributed by atoms with E-state index >= 15 is 0 Å². The molecule has 198 valence electrons. The maximum atomic E-state index is 13.9. The number of thiazole rings is 2. The van der Waals surface area contributed by atoms with Crippen LogP contribution in [-0.4, -0.2) is 34.6 Å². The minimum atomic E-state index is -4.12. The third-order valence-corrected chi connectivity index (χ3v) is 9.39. The molecule has 5 aromatic rings. The third-order valence-electron chi connectivity index (χ3n) is 5.91. The number of aromatic carboxylic acids is 1. The van der Waals surface area contributed by atoms with Gasteiger partial charge in [-0.15, -0.1) is 11.3 Å². The van der Waals surface area contributed by atoms with Crippen molar-refractivity contribution in [2.75, 3.05) is 4.31 Å². The first-order chi connectivity index (χ1) is 18.6. The molecule has 12 heteroatoms. The van der Waals surface area contributed by atoms with Gasteiger partial charge in [-0.3, -0.25) is 14.1 Å². The van der Waals surface area contributed by atoms with Crippen molar-refractivity contribution in [1.29, 1.82) is 0 Å². The number of benzene rings is 3. The van der Waals surface area contributed by atoms with Crippen LogP contribution in [0.25, 0.3) is 21.7 Å². The summed E-state index contributed by atoms with van der Waals surface area (Å²) < 4.78 is 29.0. The Balaban J connectivity index is 1.52. The second-order valence-electron chi connectivity index (χ2n) is 8.53. The van der Waals surface area contributed by atoms with E-state index in [1.54, 1.807) is 42.5 Å². The van der Waals surface area contributed by atoms with Gasteiger partial charge in [0.2, 0.25) is 5.88 Å². The van der Waals surface area contributed by atoms with Gasteiger partial charge in [-0.2, -0.15) is 0 Å². The molecule has 3 N–H and O–H groups in total. The number of nitrogens with zero attached hydrogens (tertiary/aromatic N) is 2. The number of carboxylic acid groups (broad SMARTS) is 1. The average Bonchev–Trinajstić information content (AvgIpc) is 3.51. The molecule has 3 aromatic carbocycles. The molecule has 9 nitrogen and oxygen atoms in total. The van der Waals surface area contributed by atoms with Crippen molar-refractivity contribution in [1.82, 2.24) is 9.97 Å². The van der Waals surface area contributed by atoms with Gasteiger partial charge in [-0.25, -0.2) is 18.2 Å². The van der Waals surface area contributed by atoms with Crippen molar-refractivity contribution in [2.45, 2.75) is 18.4 Å². The number of aromatic nitrogens is 2. The molecule has 0 unspecified atom stereocenters. The molecule has 0 saturated carbocycles. The lowest BCUT2D eigenvalue weighted by Crippen LogP contribution is -2.30. The van der Waals surface area contributed by atoms with Crippen molar-refractivity contribution >= 4 is 44.4 Å². The summed E-state index contributed by atoms with van der Waals surface area (Å²) >= 11 is 2.37. The Hall–Kier alpha value is -4.26. The molecule has 39 heavy (non-hydrogen) atoms. The lowest BCUT2D eigenvalue weighted by Gasteiger charge is -2.25. The van der Waals surface area contributed by atoms with Gasteiger partial charge >= 0.3 is 10.8 Å². The number of nitrogens with one attached hydrogen (secondary N) is 1. The molecule has 0 atom stereocenters. The molecule has 0 amide bonds. The largest absolute Gasteiger partial charge is 0.493 e. The van der Waals surface area contributed by atoms with E-state index in [1.165, 1.54) is 41.7 Å². The number of carbonyl (C=O) groups is 1. The van der Waals surface area contributed by atoms with Crippen molar-refractivity contribution in [2.24, 2.45) is 0 Å². The number of anilines is 1. The maximum Gasteiger partial charge on any atom is 0.335 e. The summed E-state index contributed by atoms with van der Waals surface area (Å²) in [6, 6.07) is 18.9. The van der Waals surface area contributed by atoms with E-state index in [0.717, 1.165) is 31.9 Å². The van der Waals surface area contributed by atoms with Gasteiger partial charge in [0.1, 0.15) is 0 Å². The summed E-state index contributed by atoms with van der Waals surface area (Å²) in [6.45, 7) is 1.80. The first kappa shape index (κ1) is 26.4. The molecular formula is C27H21N3O6S3. The predicted octanol–water partition coefficient (Wildman–Crippen LogP) is 5.33. The van der Waals surface area contributed by atoms with Crippen LogP contribution in [0.4, 0.5) is 5.69 Å². The average molecular weight is 580 g/mol. The number of hydrogen-bond acceptors (Lipinski definition) is 8. The minimum Gasteiger partial charge on any atom is -0.493 e. The number of aromatic hydroxyl groups is 1. The van der Waals surface area contributed by atoms with Gasteiger partial charge in [0, 0.05) is 10.9 Å². The SMILES string of the molecule is Cc1nc(-c2ccc(S(=O)(=O)N(Cc3ccc(-c4sc(=O)[nH]c4O)cc3)c3cccc(C(=O)O)c3)cc2)cs1. The summed E-state index contributed by atoms with van der Waals surface area (Å²) in [7, 11) is -4.12. The first-order valence-electron chi connectivity index (χ1n) is 11.5. The molecule has 2 heterocycles. The quantitative estimate of drug-likeness (QED) is 0.226. The molecule has 0 spiro atoms. The van der Waals surface area contributed by atoms with Crippen LogP contribution in [0.1, 0.15) is 20.9 Å². The van der Waals surface area contributed by atoms with E-state index < -0.39 is 20.9 Å². The molecule has 0 radical (unpaired) electrons. The van der Waals surface area contributed by atoms with E-state index in [1.807, 2.05) is 12.3 Å². The predicted molar refractivity (Wildman–Crippen MR) is 151 cm³/mol. The van der Waals surface area contributed by atoms with Gasteiger partial charge in [-0.1, -0.05) is 53.8 Å². The van der Waals surface area contributed by atoms with Gasteiger partial charge in [0.05, 0.1) is 38.3 Å². The normalized spacial score (nSPS) is 11.4. The van der Waals surface area contributed by atoms with E-state index in [9.17, 15) is 28.2 Å². The summed E-state index contributed by atoms with van der Waals surface area (Å²) in [4.78, 5) is 30.0. The standard InChI is InChI=1S/C27H21N3O6S3/c1-16-28-23(15-37-16)18-9-11-22(12-10-18)39(35,36)30(21-4-2-3-20(13-21)26(32)33)14-17-5-7-19(8-6-17)24-25(31)29-27(34)38-24/h2-13,15,31H,14H2,1H3,(H,29,34)(H,32,33). The van der Waals surface area contributed by atoms with Crippen LogP contribution in [0.5, 0.6) is 5.88 Å². The van der Waals surface area contributed by atoms with Gasteiger partial charge < -0.3 is 10.2 Å². The van der Waals surface area contributed by atoms with Crippen molar-refractivity contribution < 1.29 is 23.4 Å². The Morgan fingerprint density at radius 3 is 2.31 bits per heavy atom. The number of rotatable bonds is 8. The third kappa shape index (κ3) is 5.48. The van der Waals surface area contributed by atoms with Crippen LogP contribution < -0.4 is 9.18 Å². The fourth-order valence-electron chi connectivity index (χ4n) is 3.97. The summed E-state index contributed by atoms with van der Waals surface area (Å²) in [5.74, 6) is -1.41. The molecular weight excluding hydrogens is 559 g/mol. The topological polar surface area (TPSA) is 141 Å². The lowest BCUT2D eigenvalue weighted by atomic mass is 10.1. The van der Waals surface area contributed by atoms with E-state index in [4.69, 9.17) is 0 Å². The van der Waals surface area contributed by atoms with Crippen LogP contribution >= 0.6 is 22.7 Å². The van der Waals surface area contributed by atoms with Gasteiger partial charge in [0.15, 0.2) is 0 Å². The van der Waals surface area contributed by atoms with E-state index in [-0.39, 0.29) is 28.6 Å². The number of hydrogen-bond donors (Lipinski definition) is 3. The van der Waals surface area contributed by atoms with Crippen LogP contribution in [0.2, 0.25) is 0 Å². The maximum absolute atomic E-state index is 13.9. The molecule has 0 bridgehead atoms.